The topological polar surface area (TPSA) is 46.2 Å². The smallest absolute Gasteiger partial charge is 0.148 e. The molecule has 2 unspecified atom stereocenters. The number of aryl methyl sites for hydroxylation is 1. The molecule has 0 amide bonds. The molecule has 1 aliphatic carbocycles. The van der Waals surface area contributed by atoms with Crippen LogP contribution in [0.25, 0.3) is 0 Å². The Morgan fingerprint density at radius 1 is 1.44 bits per heavy atom. The summed E-state index contributed by atoms with van der Waals surface area (Å²) in [6.45, 7) is 2.01. The molecule has 1 fully saturated rings. The molecule has 0 aromatic heterocycles. The van der Waals surface area contributed by atoms with Gasteiger partial charge in [0.25, 0.3) is 0 Å². The Labute approximate surface area is 108 Å². The molecule has 3 nitrogen and oxygen atoms in total. The van der Waals surface area contributed by atoms with Gasteiger partial charge in [-0.1, -0.05) is 29.8 Å². The quantitative estimate of drug-likeness (QED) is 0.653. The number of aldehydes is 1. The summed E-state index contributed by atoms with van der Waals surface area (Å²) in [4.78, 5) is 23.7. The normalized spacial score (nSPS) is 25.1. The molecule has 0 heterocycles. The zero-order valence-corrected chi connectivity index (χ0v) is 10.9. The molecular weight excluding hydrogens is 226 g/mol. The van der Waals surface area contributed by atoms with Crippen LogP contribution in [0.1, 0.15) is 36.4 Å². The highest BCUT2D eigenvalue weighted by atomic mass is 16.1. The Balaban J connectivity index is 2.44. The van der Waals surface area contributed by atoms with Gasteiger partial charge in [0.05, 0.1) is 6.04 Å². The molecule has 2 atom stereocenters. The largest absolute Gasteiger partial charge is 0.312 e. The Morgan fingerprint density at radius 3 is 2.72 bits per heavy atom. The minimum atomic E-state index is -0.872. The Hall–Kier alpha value is -1.48. The molecule has 96 valence electrons. The third kappa shape index (κ3) is 1.99. The molecule has 1 aliphatic rings. The second-order valence-corrected chi connectivity index (χ2v) is 5.07. The van der Waals surface area contributed by atoms with E-state index in [4.69, 9.17) is 0 Å². The van der Waals surface area contributed by atoms with Crippen LogP contribution in [0.2, 0.25) is 0 Å². The Bertz CT molecular complexity index is 469. The minimum Gasteiger partial charge on any atom is -0.312 e. The maximum Gasteiger partial charge on any atom is 0.148 e. The molecule has 0 bridgehead atoms. The number of benzene rings is 1. The third-order valence-electron chi connectivity index (χ3n) is 3.90. The molecule has 1 aromatic carbocycles. The van der Waals surface area contributed by atoms with Crippen molar-refractivity contribution in [2.75, 3.05) is 7.05 Å². The first-order valence-electron chi connectivity index (χ1n) is 6.37. The van der Waals surface area contributed by atoms with Crippen LogP contribution in [0.15, 0.2) is 24.3 Å². The first kappa shape index (κ1) is 13.0. The average molecular weight is 245 g/mol. The van der Waals surface area contributed by atoms with Crippen molar-refractivity contribution in [1.82, 2.24) is 5.32 Å². The summed E-state index contributed by atoms with van der Waals surface area (Å²) in [6, 6.07) is 7.78. The lowest BCUT2D eigenvalue weighted by Crippen LogP contribution is -2.41. The van der Waals surface area contributed by atoms with Gasteiger partial charge in [-0.05, 0) is 32.4 Å². The molecule has 1 aromatic rings. The number of rotatable bonds is 4. The average Bonchev–Trinajstić information content (AvgIpc) is 2.73. The minimum absolute atomic E-state index is 0.0679. The lowest BCUT2D eigenvalue weighted by atomic mass is 9.76. The highest BCUT2D eigenvalue weighted by molar-refractivity contribution is 6.00. The lowest BCUT2D eigenvalue weighted by Gasteiger charge is -2.31. The van der Waals surface area contributed by atoms with E-state index in [2.05, 4.69) is 5.32 Å². The first-order chi connectivity index (χ1) is 8.64. The number of carbonyl (C=O) groups is 2. The van der Waals surface area contributed by atoms with Gasteiger partial charge >= 0.3 is 0 Å². The second-order valence-electron chi connectivity index (χ2n) is 5.07. The maximum absolute atomic E-state index is 12.1. The molecule has 3 heteroatoms. The van der Waals surface area contributed by atoms with E-state index in [-0.39, 0.29) is 11.8 Å². The lowest BCUT2D eigenvalue weighted by molar-refractivity contribution is -0.134. The van der Waals surface area contributed by atoms with Crippen molar-refractivity contribution in [3.63, 3.8) is 0 Å². The van der Waals surface area contributed by atoms with E-state index in [0.29, 0.717) is 12.8 Å². The van der Waals surface area contributed by atoms with Crippen LogP contribution < -0.4 is 5.32 Å². The molecule has 1 N–H and O–H groups in total. The van der Waals surface area contributed by atoms with E-state index in [9.17, 15) is 9.59 Å². The predicted molar refractivity (Wildman–Crippen MR) is 70.3 cm³/mol. The summed E-state index contributed by atoms with van der Waals surface area (Å²) in [5.74, 6) is 0.0679. The molecular formula is C15H19NO2. The van der Waals surface area contributed by atoms with Gasteiger partial charge in [0.1, 0.15) is 17.5 Å². The van der Waals surface area contributed by atoms with Crippen LogP contribution in [0.5, 0.6) is 0 Å². The van der Waals surface area contributed by atoms with Gasteiger partial charge in [-0.25, -0.2) is 0 Å². The molecule has 18 heavy (non-hydrogen) atoms. The summed E-state index contributed by atoms with van der Waals surface area (Å²) < 4.78 is 0. The zero-order valence-electron chi connectivity index (χ0n) is 10.9. The standard InChI is InChI=1S/C15H19NO2/c1-11-5-3-6-12(9-11)14(16-2)15(10-17)8-4-7-13(15)18/h3,5-6,9-10,14,16H,4,7-8H2,1-2H3. The summed E-state index contributed by atoms with van der Waals surface area (Å²) in [5.41, 5.74) is 1.28. The summed E-state index contributed by atoms with van der Waals surface area (Å²) >= 11 is 0. The van der Waals surface area contributed by atoms with Crippen molar-refractivity contribution in [2.45, 2.75) is 32.2 Å². The van der Waals surface area contributed by atoms with Gasteiger partial charge in [-0.2, -0.15) is 0 Å². The number of ketones is 1. The number of hydrogen-bond acceptors (Lipinski definition) is 3. The van der Waals surface area contributed by atoms with Gasteiger partial charge in [-0.3, -0.25) is 4.79 Å². The van der Waals surface area contributed by atoms with E-state index in [1.54, 1.807) is 0 Å². The fourth-order valence-electron chi connectivity index (χ4n) is 2.98. The number of carbonyl (C=O) groups excluding carboxylic acids is 2. The van der Waals surface area contributed by atoms with Gasteiger partial charge < -0.3 is 10.1 Å². The van der Waals surface area contributed by atoms with Crippen molar-refractivity contribution in [3.8, 4) is 0 Å². The first-order valence-corrected chi connectivity index (χ1v) is 6.37. The highest BCUT2D eigenvalue weighted by Crippen LogP contribution is 2.43. The fraction of sp³-hybridized carbons (Fsp3) is 0.467. The van der Waals surface area contributed by atoms with Crippen LogP contribution in [0.4, 0.5) is 0 Å². The van der Waals surface area contributed by atoms with Crippen molar-refractivity contribution < 1.29 is 9.59 Å². The van der Waals surface area contributed by atoms with Crippen LogP contribution in [-0.2, 0) is 9.59 Å². The predicted octanol–water partition coefficient (Wildman–Crippen LogP) is 2.19. The third-order valence-corrected chi connectivity index (χ3v) is 3.90. The molecule has 1 saturated carbocycles. The SMILES string of the molecule is CNC(c1cccc(C)c1)C1(C=O)CCCC1=O. The van der Waals surface area contributed by atoms with E-state index in [1.165, 1.54) is 0 Å². The molecule has 0 spiro atoms. The van der Waals surface area contributed by atoms with Crippen LogP contribution in [0, 0.1) is 12.3 Å². The van der Waals surface area contributed by atoms with Gasteiger partial charge in [0.2, 0.25) is 0 Å². The number of nitrogens with one attached hydrogen (secondary N) is 1. The van der Waals surface area contributed by atoms with E-state index < -0.39 is 5.41 Å². The Kier molecular flexibility index (Phi) is 3.62. The van der Waals surface area contributed by atoms with Crippen LogP contribution in [-0.4, -0.2) is 19.1 Å². The van der Waals surface area contributed by atoms with E-state index in [0.717, 1.165) is 23.8 Å². The number of Topliss-reactive ketones (excluding diaryl/α,β-unsaturated/α-hetero) is 1. The monoisotopic (exact) mass is 245 g/mol. The summed E-state index contributed by atoms with van der Waals surface area (Å²) in [5, 5.41) is 3.16. The van der Waals surface area contributed by atoms with Gasteiger partial charge in [-0.15, -0.1) is 0 Å². The van der Waals surface area contributed by atoms with Crippen molar-refractivity contribution in [2.24, 2.45) is 5.41 Å². The second kappa shape index (κ2) is 5.02. The maximum atomic E-state index is 12.1. The van der Waals surface area contributed by atoms with E-state index in [1.807, 2.05) is 38.2 Å². The zero-order chi connectivity index (χ0) is 13.2. The van der Waals surface area contributed by atoms with E-state index >= 15 is 0 Å². The Morgan fingerprint density at radius 2 is 2.22 bits per heavy atom. The fourth-order valence-corrected chi connectivity index (χ4v) is 2.98. The van der Waals surface area contributed by atoms with Crippen LogP contribution in [0.3, 0.4) is 0 Å². The van der Waals surface area contributed by atoms with Gasteiger partial charge in [0.15, 0.2) is 0 Å². The van der Waals surface area contributed by atoms with Crippen molar-refractivity contribution in [3.05, 3.63) is 35.4 Å². The van der Waals surface area contributed by atoms with Crippen LogP contribution >= 0.6 is 0 Å². The molecule has 0 radical (unpaired) electrons. The summed E-state index contributed by atoms with van der Waals surface area (Å²) in [7, 11) is 1.81. The van der Waals surface area contributed by atoms with Crippen molar-refractivity contribution in [1.29, 1.82) is 0 Å². The number of hydrogen-bond donors (Lipinski definition) is 1. The van der Waals surface area contributed by atoms with Crippen molar-refractivity contribution >= 4 is 12.1 Å². The van der Waals surface area contributed by atoms with Gasteiger partial charge in [0, 0.05) is 6.42 Å². The molecule has 0 aliphatic heterocycles. The summed E-state index contributed by atoms with van der Waals surface area (Å²) in [6.07, 6.45) is 2.82. The molecule has 0 saturated heterocycles. The molecule has 2 rings (SSSR count). The highest BCUT2D eigenvalue weighted by Gasteiger charge is 2.48.